The van der Waals surface area contributed by atoms with E-state index in [1.807, 2.05) is 0 Å². The summed E-state index contributed by atoms with van der Waals surface area (Å²) in [5.74, 6) is 1.85. The zero-order chi connectivity index (χ0) is 17.4. The third-order valence-electron chi connectivity index (χ3n) is 3.91. The lowest BCUT2D eigenvalue weighted by molar-refractivity contribution is 0.632. The average Bonchev–Trinajstić information content (AvgIpc) is 3.01. The van der Waals surface area contributed by atoms with E-state index < -0.39 is 0 Å². The molecule has 0 spiro atoms. The summed E-state index contributed by atoms with van der Waals surface area (Å²) in [6.07, 6.45) is 2.67. The third kappa shape index (κ3) is 6.64. The molecule has 0 saturated heterocycles. The van der Waals surface area contributed by atoms with Crippen molar-refractivity contribution in [3.05, 3.63) is 47.0 Å². The number of guanidine groups is 1. The number of rotatable bonds is 7. The second kappa shape index (κ2) is 11.1. The van der Waals surface area contributed by atoms with Crippen molar-refractivity contribution in [1.29, 1.82) is 0 Å². The molecule has 0 fully saturated rings. The number of halogens is 1. The van der Waals surface area contributed by atoms with Gasteiger partial charge in [0.05, 0.1) is 6.54 Å². The van der Waals surface area contributed by atoms with Crippen LogP contribution < -0.4 is 10.6 Å². The second-order valence-electron chi connectivity index (χ2n) is 5.85. The Balaban J connectivity index is 0.00000312. The Morgan fingerprint density at radius 1 is 1.20 bits per heavy atom. The number of nitrogens with one attached hydrogen (secondary N) is 2. The summed E-state index contributed by atoms with van der Waals surface area (Å²) in [6.45, 7) is 11.5. The Morgan fingerprint density at radius 2 is 2.00 bits per heavy atom. The lowest BCUT2D eigenvalue weighted by Gasteiger charge is -2.13. The number of hydrogen-bond acceptors (Lipinski definition) is 3. The Kier molecular flexibility index (Phi) is 9.48. The lowest BCUT2D eigenvalue weighted by atomic mass is 10.1. The van der Waals surface area contributed by atoms with Crippen LogP contribution >= 0.6 is 24.0 Å². The van der Waals surface area contributed by atoms with Crippen molar-refractivity contribution >= 4 is 29.9 Å². The minimum absolute atomic E-state index is 0. The highest BCUT2D eigenvalue weighted by atomic mass is 127. The first kappa shape index (κ1) is 21.4. The van der Waals surface area contributed by atoms with Gasteiger partial charge in [0.25, 0.3) is 0 Å². The number of aliphatic imine (C=N–C) groups is 1. The fraction of sp³-hybridized carbons (Fsp3) is 0.500. The van der Waals surface area contributed by atoms with Gasteiger partial charge in [0.2, 0.25) is 0 Å². The van der Waals surface area contributed by atoms with Crippen molar-refractivity contribution in [2.24, 2.45) is 4.99 Å². The highest BCUT2D eigenvalue weighted by molar-refractivity contribution is 14.0. The fourth-order valence-corrected chi connectivity index (χ4v) is 2.56. The maximum absolute atomic E-state index is 4.69. The van der Waals surface area contributed by atoms with Gasteiger partial charge in [0.1, 0.15) is 12.2 Å². The van der Waals surface area contributed by atoms with Gasteiger partial charge in [-0.1, -0.05) is 30.7 Å². The maximum Gasteiger partial charge on any atom is 0.191 e. The molecule has 6 nitrogen and oxygen atoms in total. The molecule has 2 rings (SSSR count). The normalized spacial score (nSPS) is 11.1. The van der Waals surface area contributed by atoms with Crippen LogP contribution in [0.3, 0.4) is 0 Å². The zero-order valence-electron chi connectivity index (χ0n) is 15.5. The monoisotopic (exact) mass is 456 g/mol. The molecule has 0 bridgehead atoms. The highest BCUT2D eigenvalue weighted by Crippen LogP contribution is 2.11. The molecule has 0 unspecified atom stereocenters. The Labute approximate surface area is 167 Å². The number of aryl methyl sites for hydroxylation is 3. The van der Waals surface area contributed by atoms with Crippen molar-refractivity contribution in [3.63, 3.8) is 0 Å². The molecule has 0 saturated carbocycles. The van der Waals surface area contributed by atoms with Crippen LogP contribution in [0.15, 0.2) is 29.5 Å². The van der Waals surface area contributed by atoms with Gasteiger partial charge in [0.15, 0.2) is 5.96 Å². The number of aromatic nitrogens is 3. The Hall–Kier alpha value is -1.64. The summed E-state index contributed by atoms with van der Waals surface area (Å²) < 4.78 is 2.07. The van der Waals surface area contributed by atoms with Crippen LogP contribution in [0.2, 0.25) is 0 Å². The molecule has 0 atom stereocenters. The summed E-state index contributed by atoms with van der Waals surface area (Å²) in [7, 11) is 0. The van der Waals surface area contributed by atoms with Gasteiger partial charge < -0.3 is 15.2 Å². The molecule has 0 radical (unpaired) electrons. The van der Waals surface area contributed by atoms with Gasteiger partial charge in [-0.05, 0) is 31.9 Å². The average molecular weight is 456 g/mol. The molecule has 1 aromatic heterocycles. The van der Waals surface area contributed by atoms with Crippen LogP contribution in [0.4, 0.5) is 0 Å². The van der Waals surface area contributed by atoms with E-state index in [4.69, 9.17) is 0 Å². The first-order chi connectivity index (χ1) is 11.6. The highest BCUT2D eigenvalue weighted by Gasteiger charge is 2.03. The topological polar surface area (TPSA) is 67.1 Å². The van der Waals surface area contributed by atoms with Gasteiger partial charge in [-0.2, -0.15) is 0 Å². The third-order valence-corrected chi connectivity index (χ3v) is 3.91. The van der Waals surface area contributed by atoms with E-state index in [0.29, 0.717) is 6.54 Å². The predicted octanol–water partition coefficient (Wildman–Crippen LogP) is 2.83. The van der Waals surface area contributed by atoms with E-state index >= 15 is 0 Å². The Morgan fingerprint density at radius 3 is 2.68 bits per heavy atom. The quantitative estimate of drug-likeness (QED) is 0.382. The van der Waals surface area contributed by atoms with Crippen LogP contribution in [0.1, 0.15) is 36.4 Å². The second-order valence-corrected chi connectivity index (χ2v) is 5.85. The summed E-state index contributed by atoms with van der Waals surface area (Å²) in [5, 5.41) is 14.7. The molecule has 0 aliphatic rings. The van der Waals surface area contributed by atoms with Gasteiger partial charge in [-0.3, -0.25) is 0 Å². The summed E-state index contributed by atoms with van der Waals surface area (Å²) in [5.41, 5.74) is 3.82. The van der Waals surface area contributed by atoms with Crippen molar-refractivity contribution in [3.8, 4) is 0 Å². The predicted molar refractivity (Wildman–Crippen MR) is 114 cm³/mol. The molecule has 1 aromatic carbocycles. The van der Waals surface area contributed by atoms with Gasteiger partial charge >= 0.3 is 0 Å². The molecule has 2 N–H and O–H groups in total. The van der Waals surface area contributed by atoms with Crippen LogP contribution in [0.5, 0.6) is 0 Å². The van der Waals surface area contributed by atoms with E-state index in [1.165, 1.54) is 16.7 Å². The van der Waals surface area contributed by atoms with E-state index in [9.17, 15) is 0 Å². The molecular weight excluding hydrogens is 427 g/mol. The first-order valence-electron chi connectivity index (χ1n) is 8.59. The van der Waals surface area contributed by atoms with E-state index in [0.717, 1.165) is 37.8 Å². The molecule has 2 aromatic rings. The molecule has 1 heterocycles. The number of hydrogen-bond donors (Lipinski definition) is 2. The van der Waals surface area contributed by atoms with Crippen LogP contribution in [0, 0.1) is 13.8 Å². The Bertz CT molecular complexity index is 680. The number of nitrogens with zero attached hydrogens (tertiary/aromatic N) is 4. The lowest BCUT2D eigenvalue weighted by Crippen LogP contribution is -2.39. The molecule has 138 valence electrons. The molecule has 0 aliphatic heterocycles. The first-order valence-corrected chi connectivity index (χ1v) is 8.59. The van der Waals surface area contributed by atoms with Gasteiger partial charge in [-0.25, -0.2) is 4.99 Å². The van der Waals surface area contributed by atoms with Gasteiger partial charge in [-0.15, -0.1) is 34.2 Å². The van der Waals surface area contributed by atoms with Crippen molar-refractivity contribution in [1.82, 2.24) is 25.4 Å². The molecular formula is C18H29IN6. The van der Waals surface area contributed by atoms with Crippen LogP contribution in [-0.4, -0.2) is 33.8 Å². The zero-order valence-corrected chi connectivity index (χ0v) is 17.9. The van der Waals surface area contributed by atoms with E-state index in [-0.39, 0.29) is 24.0 Å². The summed E-state index contributed by atoms with van der Waals surface area (Å²) >= 11 is 0. The van der Waals surface area contributed by atoms with E-state index in [1.54, 1.807) is 6.33 Å². The standard InChI is InChI=1S/C18H28N6.HI/c1-5-17-23-22-13-24(17)10-9-20-18(19-6-2)21-12-16-8-7-14(3)11-15(16)4;/h7-8,11,13H,5-6,9-10,12H2,1-4H3,(H2,19,20,21);1H. The molecule has 7 heteroatoms. The molecule has 0 amide bonds. The van der Waals surface area contributed by atoms with Crippen molar-refractivity contribution in [2.45, 2.75) is 47.2 Å². The van der Waals surface area contributed by atoms with E-state index in [2.05, 4.69) is 76.3 Å². The SMILES string of the molecule is CCNC(=NCc1ccc(C)cc1C)NCCn1cnnc1CC.I. The minimum atomic E-state index is 0. The molecule has 25 heavy (non-hydrogen) atoms. The van der Waals surface area contributed by atoms with Crippen molar-refractivity contribution in [2.75, 3.05) is 13.1 Å². The molecule has 0 aliphatic carbocycles. The van der Waals surface area contributed by atoms with Crippen LogP contribution in [-0.2, 0) is 19.5 Å². The number of benzene rings is 1. The van der Waals surface area contributed by atoms with Crippen molar-refractivity contribution < 1.29 is 0 Å². The summed E-state index contributed by atoms with van der Waals surface area (Å²) in [4.78, 5) is 4.69. The minimum Gasteiger partial charge on any atom is -0.357 e. The smallest absolute Gasteiger partial charge is 0.191 e. The largest absolute Gasteiger partial charge is 0.357 e. The summed E-state index contributed by atoms with van der Waals surface area (Å²) in [6, 6.07) is 6.49. The van der Waals surface area contributed by atoms with Gasteiger partial charge in [0, 0.05) is 26.1 Å². The van der Waals surface area contributed by atoms with Crippen LogP contribution in [0.25, 0.3) is 0 Å². The fourth-order valence-electron chi connectivity index (χ4n) is 2.56. The maximum atomic E-state index is 4.69.